The molecule has 0 radical (unpaired) electrons. The summed E-state index contributed by atoms with van der Waals surface area (Å²) in [6.45, 7) is 2.27. The number of aromatic nitrogens is 2. The van der Waals surface area contributed by atoms with Gasteiger partial charge >= 0.3 is 6.18 Å². The molecule has 0 aliphatic heterocycles. The molecule has 2 aromatic rings. The van der Waals surface area contributed by atoms with Gasteiger partial charge in [0.2, 0.25) is 0 Å². The van der Waals surface area contributed by atoms with Crippen molar-refractivity contribution >= 4 is 15.7 Å². The second-order valence-electron chi connectivity index (χ2n) is 4.22. The molecule has 1 N–H and O–H groups in total. The van der Waals surface area contributed by atoms with E-state index in [-0.39, 0.29) is 10.6 Å². The summed E-state index contributed by atoms with van der Waals surface area (Å²) < 4.78 is 65.3. The fourth-order valence-electron chi connectivity index (χ4n) is 1.63. The Bertz CT molecular complexity index is 738. The number of alkyl halides is 3. The van der Waals surface area contributed by atoms with Gasteiger partial charge in [0.05, 0.1) is 11.8 Å². The fourth-order valence-corrected chi connectivity index (χ4v) is 2.63. The van der Waals surface area contributed by atoms with Crippen molar-refractivity contribution in [2.45, 2.75) is 24.5 Å². The minimum Gasteiger partial charge on any atom is -0.280 e. The number of hydrogen-bond acceptors (Lipinski definition) is 3. The van der Waals surface area contributed by atoms with E-state index in [0.717, 1.165) is 24.4 Å². The molecule has 0 saturated heterocycles. The van der Waals surface area contributed by atoms with Crippen molar-refractivity contribution in [2.75, 3.05) is 4.72 Å². The maximum absolute atomic E-state index is 12.6. The van der Waals surface area contributed by atoms with Gasteiger partial charge in [-0.25, -0.2) is 8.42 Å². The predicted octanol–water partition coefficient (Wildman–Crippen LogP) is 2.72. The van der Waals surface area contributed by atoms with E-state index < -0.39 is 21.8 Å². The summed E-state index contributed by atoms with van der Waals surface area (Å²) in [5, 5.41) is 3.82. The molecule has 0 fully saturated rings. The molecule has 0 amide bonds. The smallest absolute Gasteiger partial charge is 0.280 e. The van der Waals surface area contributed by atoms with Crippen LogP contribution in [0.1, 0.15) is 12.5 Å². The van der Waals surface area contributed by atoms with Gasteiger partial charge in [0, 0.05) is 18.4 Å². The minimum absolute atomic E-state index is 0.109. The molecule has 0 saturated carbocycles. The molecule has 21 heavy (non-hydrogen) atoms. The second kappa shape index (κ2) is 5.40. The molecular weight excluding hydrogens is 307 g/mol. The molecule has 0 atom stereocenters. The maximum atomic E-state index is 12.6. The number of nitrogens with zero attached hydrogens (tertiary/aromatic N) is 2. The third-order valence-corrected chi connectivity index (χ3v) is 4.02. The number of aryl methyl sites for hydroxylation is 1. The molecule has 0 unspecified atom stereocenters. The van der Waals surface area contributed by atoms with Gasteiger partial charge in [0.15, 0.2) is 0 Å². The van der Waals surface area contributed by atoms with E-state index in [1.165, 1.54) is 16.9 Å². The maximum Gasteiger partial charge on any atom is 0.416 e. The molecule has 5 nitrogen and oxygen atoms in total. The Balaban J connectivity index is 2.28. The van der Waals surface area contributed by atoms with E-state index in [4.69, 9.17) is 0 Å². The molecule has 1 aromatic carbocycles. The van der Waals surface area contributed by atoms with Gasteiger partial charge < -0.3 is 0 Å². The predicted molar refractivity (Wildman–Crippen MR) is 70.2 cm³/mol. The first-order chi connectivity index (χ1) is 9.72. The average molecular weight is 319 g/mol. The van der Waals surface area contributed by atoms with Crippen LogP contribution in [0.5, 0.6) is 0 Å². The number of sulfonamides is 1. The molecule has 2 rings (SSSR count). The van der Waals surface area contributed by atoms with Crippen LogP contribution in [0.25, 0.3) is 0 Å². The van der Waals surface area contributed by atoms with E-state index in [0.29, 0.717) is 6.54 Å². The SMILES string of the molecule is CCn1cc(S(=O)(=O)Nc2cccc(C(F)(F)F)c2)cn1. The van der Waals surface area contributed by atoms with Gasteiger partial charge in [-0.1, -0.05) is 6.07 Å². The highest BCUT2D eigenvalue weighted by Gasteiger charge is 2.30. The van der Waals surface area contributed by atoms with Crippen molar-refractivity contribution in [3.05, 3.63) is 42.2 Å². The topological polar surface area (TPSA) is 64.0 Å². The summed E-state index contributed by atoms with van der Waals surface area (Å²) in [6, 6.07) is 3.99. The molecule has 0 aliphatic rings. The van der Waals surface area contributed by atoms with Crippen LogP contribution < -0.4 is 4.72 Å². The van der Waals surface area contributed by atoms with Crippen LogP contribution >= 0.6 is 0 Å². The molecule has 0 spiro atoms. The van der Waals surface area contributed by atoms with Crippen molar-refractivity contribution in [3.8, 4) is 0 Å². The third kappa shape index (κ3) is 3.54. The van der Waals surface area contributed by atoms with E-state index >= 15 is 0 Å². The summed E-state index contributed by atoms with van der Waals surface area (Å²) in [5.41, 5.74) is -1.08. The quantitative estimate of drug-likeness (QED) is 0.942. The number of benzene rings is 1. The summed E-state index contributed by atoms with van der Waals surface area (Å²) in [6.07, 6.45) is -2.09. The van der Waals surface area contributed by atoms with Crippen LogP contribution in [0.2, 0.25) is 0 Å². The van der Waals surface area contributed by atoms with Crippen LogP contribution in [0, 0.1) is 0 Å². The minimum atomic E-state index is -4.53. The summed E-state index contributed by atoms with van der Waals surface area (Å²) >= 11 is 0. The molecule has 0 aliphatic carbocycles. The normalized spacial score (nSPS) is 12.4. The van der Waals surface area contributed by atoms with Crippen LogP contribution in [0.4, 0.5) is 18.9 Å². The van der Waals surface area contributed by atoms with E-state index in [9.17, 15) is 21.6 Å². The molecule has 1 heterocycles. The second-order valence-corrected chi connectivity index (χ2v) is 5.90. The van der Waals surface area contributed by atoms with Crippen molar-refractivity contribution in [1.82, 2.24) is 9.78 Å². The zero-order valence-electron chi connectivity index (χ0n) is 10.9. The molecule has 114 valence electrons. The van der Waals surface area contributed by atoms with Gasteiger partial charge in [-0.3, -0.25) is 9.40 Å². The summed E-state index contributed by atoms with van der Waals surface area (Å²) in [7, 11) is -3.97. The lowest BCUT2D eigenvalue weighted by Gasteiger charge is -2.10. The monoisotopic (exact) mass is 319 g/mol. The van der Waals surface area contributed by atoms with Crippen molar-refractivity contribution in [3.63, 3.8) is 0 Å². The molecular formula is C12H12F3N3O2S. The van der Waals surface area contributed by atoms with Crippen LogP contribution in [0.3, 0.4) is 0 Å². The summed E-state index contributed by atoms with van der Waals surface area (Å²) in [5.74, 6) is 0. The van der Waals surface area contributed by atoms with Gasteiger partial charge in [0.25, 0.3) is 10.0 Å². The van der Waals surface area contributed by atoms with Crippen LogP contribution in [-0.2, 0) is 22.7 Å². The van der Waals surface area contributed by atoms with Crippen molar-refractivity contribution in [1.29, 1.82) is 0 Å². The van der Waals surface area contributed by atoms with Gasteiger partial charge in [0.1, 0.15) is 4.90 Å². The Labute approximate surface area is 119 Å². The van der Waals surface area contributed by atoms with Crippen molar-refractivity contribution < 1.29 is 21.6 Å². The van der Waals surface area contributed by atoms with E-state index in [2.05, 4.69) is 9.82 Å². The Morgan fingerprint density at radius 2 is 2.05 bits per heavy atom. The van der Waals surface area contributed by atoms with Crippen molar-refractivity contribution in [2.24, 2.45) is 0 Å². The molecule has 1 aromatic heterocycles. The lowest BCUT2D eigenvalue weighted by molar-refractivity contribution is -0.137. The van der Waals surface area contributed by atoms with Gasteiger partial charge in [-0.2, -0.15) is 18.3 Å². The summed E-state index contributed by atoms with van der Waals surface area (Å²) in [4.78, 5) is -0.109. The number of halogens is 3. The lowest BCUT2D eigenvalue weighted by atomic mass is 10.2. The van der Waals surface area contributed by atoms with Gasteiger partial charge in [-0.15, -0.1) is 0 Å². The Morgan fingerprint density at radius 1 is 1.33 bits per heavy atom. The zero-order valence-corrected chi connectivity index (χ0v) is 11.7. The van der Waals surface area contributed by atoms with Crippen LogP contribution in [0.15, 0.2) is 41.6 Å². The third-order valence-electron chi connectivity index (χ3n) is 2.69. The van der Waals surface area contributed by atoms with E-state index in [1.807, 2.05) is 0 Å². The number of hydrogen-bond donors (Lipinski definition) is 1. The number of rotatable bonds is 4. The standard InChI is InChI=1S/C12H12F3N3O2S/c1-2-18-8-11(7-16-18)21(19,20)17-10-5-3-4-9(6-10)12(13,14)15/h3-8,17H,2H2,1H3. The fraction of sp³-hybridized carbons (Fsp3) is 0.250. The average Bonchev–Trinajstić information content (AvgIpc) is 2.87. The first-order valence-corrected chi connectivity index (χ1v) is 7.43. The first kappa shape index (κ1) is 15.4. The van der Waals surface area contributed by atoms with E-state index in [1.54, 1.807) is 6.92 Å². The Morgan fingerprint density at radius 3 is 2.62 bits per heavy atom. The highest BCUT2D eigenvalue weighted by atomic mass is 32.2. The highest BCUT2D eigenvalue weighted by Crippen LogP contribution is 2.31. The lowest BCUT2D eigenvalue weighted by Crippen LogP contribution is -2.13. The largest absolute Gasteiger partial charge is 0.416 e. The van der Waals surface area contributed by atoms with Crippen LogP contribution in [-0.4, -0.2) is 18.2 Å². The molecule has 9 heteroatoms. The highest BCUT2D eigenvalue weighted by molar-refractivity contribution is 7.92. The Hall–Kier alpha value is -2.03. The first-order valence-electron chi connectivity index (χ1n) is 5.95. The zero-order chi connectivity index (χ0) is 15.7. The molecule has 0 bridgehead atoms. The Kier molecular flexibility index (Phi) is 3.95. The van der Waals surface area contributed by atoms with Gasteiger partial charge in [-0.05, 0) is 25.1 Å². The number of nitrogens with one attached hydrogen (secondary N) is 1. The number of anilines is 1.